The Morgan fingerprint density at radius 2 is 1.76 bits per heavy atom. The van der Waals surface area contributed by atoms with Crippen LogP contribution in [0, 0.1) is 0 Å². The van der Waals surface area contributed by atoms with E-state index >= 15 is 0 Å². The Kier molecular flexibility index (Phi) is 5.50. The van der Waals surface area contributed by atoms with Gasteiger partial charge in [0.05, 0.1) is 19.4 Å². The molecule has 1 N–H and O–H groups in total. The van der Waals surface area contributed by atoms with E-state index in [2.05, 4.69) is 30.4 Å². The smallest absolute Gasteiger partial charge is 0.142 e. The van der Waals surface area contributed by atoms with Gasteiger partial charge < -0.3 is 14.8 Å². The normalized spacial score (nSPS) is 11.8. The van der Waals surface area contributed by atoms with Crippen molar-refractivity contribution in [3.05, 3.63) is 54.1 Å². The van der Waals surface area contributed by atoms with E-state index in [1.807, 2.05) is 37.3 Å². The zero-order valence-electron chi connectivity index (χ0n) is 12.9. The maximum Gasteiger partial charge on any atom is 0.142 e. The van der Waals surface area contributed by atoms with E-state index in [0.29, 0.717) is 12.6 Å². The molecule has 0 amide bonds. The fraction of sp³-hybridized carbons (Fsp3) is 0.333. The summed E-state index contributed by atoms with van der Waals surface area (Å²) in [5.74, 6) is 1.79. The Bertz CT molecular complexity index is 551. The van der Waals surface area contributed by atoms with E-state index < -0.39 is 0 Å². The van der Waals surface area contributed by atoms with E-state index in [9.17, 15) is 0 Å². The number of methoxy groups -OCH3 is 1. The second-order valence-electron chi connectivity index (χ2n) is 5.03. The van der Waals surface area contributed by atoms with E-state index in [1.54, 1.807) is 7.11 Å². The number of anilines is 1. The van der Waals surface area contributed by atoms with Gasteiger partial charge in [0.1, 0.15) is 11.5 Å². The molecule has 2 aromatic rings. The van der Waals surface area contributed by atoms with Crippen LogP contribution in [0.3, 0.4) is 0 Å². The highest BCUT2D eigenvalue weighted by Crippen LogP contribution is 2.25. The molecule has 0 bridgehead atoms. The van der Waals surface area contributed by atoms with Gasteiger partial charge in [-0.3, -0.25) is 0 Å². The zero-order chi connectivity index (χ0) is 15.1. The first-order valence-electron chi connectivity index (χ1n) is 7.34. The standard InChI is InChI=1S/C18H23NO2/c1-4-21-18-8-6-5-7-17(18)19-14(2)13-15-9-11-16(20-3)12-10-15/h5-12,14,19H,4,13H2,1-3H3. The summed E-state index contributed by atoms with van der Waals surface area (Å²) >= 11 is 0. The molecule has 0 aliphatic rings. The van der Waals surface area contributed by atoms with Crippen LogP contribution in [-0.4, -0.2) is 19.8 Å². The third kappa shape index (κ3) is 4.42. The molecule has 0 fully saturated rings. The summed E-state index contributed by atoms with van der Waals surface area (Å²) in [6.45, 7) is 4.84. The minimum absolute atomic E-state index is 0.319. The van der Waals surface area contributed by atoms with Gasteiger partial charge in [0.2, 0.25) is 0 Å². The number of benzene rings is 2. The average molecular weight is 285 g/mol. The maximum atomic E-state index is 5.64. The van der Waals surface area contributed by atoms with Crippen LogP contribution >= 0.6 is 0 Å². The summed E-state index contributed by atoms with van der Waals surface area (Å²) in [6, 6.07) is 16.6. The van der Waals surface area contributed by atoms with Crippen LogP contribution in [0.25, 0.3) is 0 Å². The molecular formula is C18H23NO2. The van der Waals surface area contributed by atoms with Gasteiger partial charge >= 0.3 is 0 Å². The Morgan fingerprint density at radius 3 is 2.43 bits per heavy atom. The molecule has 0 aliphatic carbocycles. The Labute approximate surface area is 126 Å². The highest BCUT2D eigenvalue weighted by molar-refractivity contribution is 5.56. The van der Waals surface area contributed by atoms with E-state index in [0.717, 1.165) is 23.6 Å². The molecule has 2 rings (SSSR count). The average Bonchev–Trinajstić information content (AvgIpc) is 2.50. The molecule has 1 unspecified atom stereocenters. The SMILES string of the molecule is CCOc1ccccc1NC(C)Cc1ccc(OC)cc1. The van der Waals surface area contributed by atoms with Gasteiger partial charge in [-0.2, -0.15) is 0 Å². The molecule has 0 aliphatic heterocycles. The van der Waals surface area contributed by atoms with E-state index in [-0.39, 0.29) is 0 Å². The first kappa shape index (κ1) is 15.2. The Balaban J connectivity index is 1.99. The molecule has 1 atom stereocenters. The molecular weight excluding hydrogens is 262 g/mol. The molecule has 3 nitrogen and oxygen atoms in total. The maximum absolute atomic E-state index is 5.64. The summed E-state index contributed by atoms with van der Waals surface area (Å²) in [5.41, 5.74) is 2.32. The quantitative estimate of drug-likeness (QED) is 0.829. The number of rotatable bonds is 7. The highest BCUT2D eigenvalue weighted by Gasteiger charge is 2.07. The van der Waals surface area contributed by atoms with Gasteiger partial charge in [-0.15, -0.1) is 0 Å². The third-order valence-electron chi connectivity index (χ3n) is 3.29. The molecule has 21 heavy (non-hydrogen) atoms. The van der Waals surface area contributed by atoms with Crippen LogP contribution in [0.15, 0.2) is 48.5 Å². The molecule has 0 heterocycles. The lowest BCUT2D eigenvalue weighted by Crippen LogP contribution is -2.18. The van der Waals surface area contributed by atoms with Gasteiger partial charge in [0, 0.05) is 6.04 Å². The number of hydrogen-bond donors (Lipinski definition) is 1. The second-order valence-corrected chi connectivity index (χ2v) is 5.03. The van der Waals surface area contributed by atoms with Crippen LogP contribution in [0.5, 0.6) is 11.5 Å². The summed E-state index contributed by atoms with van der Waals surface area (Å²) in [6.07, 6.45) is 0.949. The van der Waals surface area contributed by atoms with Gasteiger partial charge in [-0.25, -0.2) is 0 Å². The van der Waals surface area contributed by atoms with Crippen molar-refractivity contribution in [2.75, 3.05) is 19.0 Å². The summed E-state index contributed by atoms with van der Waals surface area (Å²) in [5, 5.41) is 3.52. The number of ether oxygens (including phenoxy) is 2. The largest absolute Gasteiger partial charge is 0.497 e. The van der Waals surface area contributed by atoms with Crippen LogP contribution in [-0.2, 0) is 6.42 Å². The van der Waals surface area contributed by atoms with Crippen molar-refractivity contribution in [2.24, 2.45) is 0 Å². The minimum atomic E-state index is 0.319. The number of nitrogens with one attached hydrogen (secondary N) is 1. The fourth-order valence-electron chi connectivity index (χ4n) is 2.30. The lowest BCUT2D eigenvalue weighted by atomic mass is 10.1. The predicted molar refractivity (Wildman–Crippen MR) is 87.4 cm³/mol. The molecule has 0 saturated carbocycles. The predicted octanol–water partition coefficient (Wildman–Crippen LogP) is 4.14. The van der Waals surface area contributed by atoms with Gasteiger partial charge in [0.15, 0.2) is 0 Å². The van der Waals surface area contributed by atoms with E-state index in [1.165, 1.54) is 5.56 Å². The monoisotopic (exact) mass is 285 g/mol. The van der Waals surface area contributed by atoms with Crippen LogP contribution in [0.1, 0.15) is 19.4 Å². The number of para-hydroxylation sites is 2. The Morgan fingerprint density at radius 1 is 1.05 bits per heavy atom. The van der Waals surface area contributed by atoms with Crippen LogP contribution < -0.4 is 14.8 Å². The first-order valence-corrected chi connectivity index (χ1v) is 7.34. The van der Waals surface area contributed by atoms with Gasteiger partial charge in [-0.05, 0) is 50.1 Å². The molecule has 0 spiro atoms. The van der Waals surface area contributed by atoms with Gasteiger partial charge in [0.25, 0.3) is 0 Å². The Hall–Kier alpha value is -2.16. The van der Waals surface area contributed by atoms with Gasteiger partial charge in [-0.1, -0.05) is 24.3 Å². The molecule has 112 valence electrons. The first-order chi connectivity index (χ1) is 10.2. The molecule has 0 radical (unpaired) electrons. The van der Waals surface area contributed by atoms with E-state index in [4.69, 9.17) is 9.47 Å². The zero-order valence-corrected chi connectivity index (χ0v) is 12.9. The van der Waals surface area contributed by atoms with Crippen LogP contribution in [0.2, 0.25) is 0 Å². The summed E-state index contributed by atoms with van der Waals surface area (Å²) < 4.78 is 10.8. The van der Waals surface area contributed by atoms with Crippen molar-refractivity contribution < 1.29 is 9.47 Å². The molecule has 0 aromatic heterocycles. The number of hydrogen-bond acceptors (Lipinski definition) is 3. The summed E-state index contributed by atoms with van der Waals surface area (Å²) in [7, 11) is 1.68. The lowest BCUT2D eigenvalue weighted by Gasteiger charge is -2.18. The molecule has 3 heteroatoms. The van der Waals surface area contributed by atoms with Crippen molar-refractivity contribution in [1.29, 1.82) is 0 Å². The topological polar surface area (TPSA) is 30.5 Å². The fourth-order valence-corrected chi connectivity index (χ4v) is 2.30. The third-order valence-corrected chi connectivity index (χ3v) is 3.29. The van der Waals surface area contributed by atoms with Crippen molar-refractivity contribution in [2.45, 2.75) is 26.3 Å². The lowest BCUT2D eigenvalue weighted by molar-refractivity contribution is 0.341. The molecule has 0 saturated heterocycles. The highest BCUT2D eigenvalue weighted by atomic mass is 16.5. The van der Waals surface area contributed by atoms with Crippen molar-refractivity contribution in [1.82, 2.24) is 0 Å². The minimum Gasteiger partial charge on any atom is -0.497 e. The van der Waals surface area contributed by atoms with Crippen molar-refractivity contribution >= 4 is 5.69 Å². The second kappa shape index (κ2) is 7.58. The molecule has 2 aromatic carbocycles. The summed E-state index contributed by atoms with van der Waals surface area (Å²) in [4.78, 5) is 0. The van der Waals surface area contributed by atoms with Crippen LogP contribution in [0.4, 0.5) is 5.69 Å². The van der Waals surface area contributed by atoms with Crippen molar-refractivity contribution in [3.63, 3.8) is 0 Å². The van der Waals surface area contributed by atoms with Crippen molar-refractivity contribution in [3.8, 4) is 11.5 Å².